The molecule has 2 atom stereocenters. The van der Waals surface area contributed by atoms with Crippen molar-refractivity contribution in [3.63, 3.8) is 0 Å². The summed E-state index contributed by atoms with van der Waals surface area (Å²) in [4.78, 5) is 2.44. The second kappa shape index (κ2) is 2.88. The molecule has 0 aliphatic carbocycles. The van der Waals surface area contributed by atoms with Crippen molar-refractivity contribution in [3.8, 4) is 0 Å². The van der Waals surface area contributed by atoms with Crippen molar-refractivity contribution in [3.05, 3.63) is 12.3 Å². The van der Waals surface area contributed by atoms with Crippen molar-refractivity contribution < 1.29 is 0 Å². The van der Waals surface area contributed by atoms with Crippen molar-refractivity contribution >= 4 is 0 Å². The summed E-state index contributed by atoms with van der Waals surface area (Å²) in [6.07, 6.45) is 1.27. The number of nitrogens with zero attached hydrogens (tertiary/aromatic N) is 1. The van der Waals surface area contributed by atoms with Crippen molar-refractivity contribution in [2.75, 3.05) is 0 Å². The highest BCUT2D eigenvalue weighted by molar-refractivity contribution is 5.08. The number of rotatable bonds is 1. The minimum atomic E-state index is 0.613. The van der Waals surface area contributed by atoms with Crippen molar-refractivity contribution in [1.82, 2.24) is 4.90 Å². The summed E-state index contributed by atoms with van der Waals surface area (Å²) in [5.74, 6) is 0.687. The molecule has 1 aliphatic rings. The zero-order valence-electron chi connectivity index (χ0n) is 8.09. The fourth-order valence-electron chi connectivity index (χ4n) is 2.14. The SMILES string of the molecule is C=C1C(C)CC(C)N1C(C)C. The van der Waals surface area contributed by atoms with Gasteiger partial charge in [0.05, 0.1) is 0 Å². The molecule has 11 heavy (non-hydrogen) atoms. The summed E-state index contributed by atoms with van der Waals surface area (Å²) < 4.78 is 0. The average Bonchev–Trinajstić information content (AvgIpc) is 2.07. The lowest BCUT2D eigenvalue weighted by Gasteiger charge is -2.29. The second-order valence-corrected chi connectivity index (χ2v) is 3.98. The molecular weight excluding hydrogens is 134 g/mol. The molecule has 0 saturated carbocycles. The van der Waals surface area contributed by atoms with Gasteiger partial charge in [-0.2, -0.15) is 0 Å². The lowest BCUT2D eigenvalue weighted by molar-refractivity contribution is 0.256. The zero-order valence-corrected chi connectivity index (χ0v) is 8.09. The van der Waals surface area contributed by atoms with Crippen LogP contribution in [0.25, 0.3) is 0 Å². The van der Waals surface area contributed by atoms with Gasteiger partial charge >= 0.3 is 0 Å². The number of likely N-dealkylation sites (tertiary alicyclic amines) is 1. The Bertz CT molecular complexity index is 160. The van der Waals surface area contributed by atoms with Crippen LogP contribution >= 0.6 is 0 Å². The van der Waals surface area contributed by atoms with E-state index in [4.69, 9.17) is 0 Å². The molecule has 0 radical (unpaired) electrons. The standard InChI is InChI=1S/C10H19N/c1-7(2)11-9(4)6-8(3)10(11)5/h7-9H,5-6H2,1-4H3. The molecule has 0 bridgehead atoms. The molecule has 0 aromatic heterocycles. The second-order valence-electron chi connectivity index (χ2n) is 3.98. The maximum absolute atomic E-state index is 4.11. The molecule has 1 aliphatic heterocycles. The van der Waals surface area contributed by atoms with Crippen LogP contribution in [-0.2, 0) is 0 Å². The highest BCUT2D eigenvalue weighted by Crippen LogP contribution is 2.32. The van der Waals surface area contributed by atoms with E-state index in [9.17, 15) is 0 Å². The summed E-state index contributed by atoms with van der Waals surface area (Å²) >= 11 is 0. The number of allylic oxidation sites excluding steroid dienone is 1. The maximum atomic E-state index is 4.11. The number of hydrogen-bond acceptors (Lipinski definition) is 1. The van der Waals surface area contributed by atoms with Crippen molar-refractivity contribution in [2.24, 2.45) is 5.92 Å². The van der Waals surface area contributed by atoms with Crippen LogP contribution < -0.4 is 0 Å². The van der Waals surface area contributed by atoms with Crippen LogP contribution in [0.15, 0.2) is 12.3 Å². The summed E-state index contributed by atoms with van der Waals surface area (Å²) in [5.41, 5.74) is 1.33. The van der Waals surface area contributed by atoms with Crippen molar-refractivity contribution in [1.29, 1.82) is 0 Å². The van der Waals surface area contributed by atoms with E-state index in [2.05, 4.69) is 39.2 Å². The predicted molar refractivity (Wildman–Crippen MR) is 49.4 cm³/mol. The molecule has 1 saturated heterocycles. The topological polar surface area (TPSA) is 3.24 Å². The Labute approximate surface area is 70.1 Å². The van der Waals surface area contributed by atoms with Crippen LogP contribution in [0.2, 0.25) is 0 Å². The highest BCUT2D eigenvalue weighted by Gasteiger charge is 2.30. The average molecular weight is 153 g/mol. The molecule has 64 valence electrons. The normalized spacial score (nSPS) is 32.1. The van der Waals surface area contributed by atoms with E-state index in [-0.39, 0.29) is 0 Å². The molecule has 1 fully saturated rings. The minimum Gasteiger partial charge on any atom is -0.370 e. The fraction of sp³-hybridized carbons (Fsp3) is 0.800. The predicted octanol–water partition coefficient (Wildman–Crippen LogP) is 2.64. The fourth-order valence-corrected chi connectivity index (χ4v) is 2.14. The summed E-state index contributed by atoms with van der Waals surface area (Å²) in [6, 6.07) is 1.31. The van der Waals surface area contributed by atoms with E-state index in [1.165, 1.54) is 12.1 Å². The Morgan fingerprint density at radius 2 is 2.00 bits per heavy atom. The Balaban J connectivity index is 2.72. The van der Waals surface area contributed by atoms with E-state index in [0.717, 1.165) is 0 Å². The van der Waals surface area contributed by atoms with Gasteiger partial charge < -0.3 is 4.90 Å². The summed E-state index contributed by atoms with van der Waals surface area (Å²) in [7, 11) is 0. The molecule has 0 N–H and O–H groups in total. The van der Waals surface area contributed by atoms with Gasteiger partial charge in [0, 0.05) is 17.8 Å². The van der Waals surface area contributed by atoms with Gasteiger partial charge in [0.15, 0.2) is 0 Å². The highest BCUT2D eigenvalue weighted by atomic mass is 15.2. The first-order valence-electron chi connectivity index (χ1n) is 4.51. The minimum absolute atomic E-state index is 0.613. The Kier molecular flexibility index (Phi) is 2.26. The first-order chi connectivity index (χ1) is 5.04. The lowest BCUT2D eigenvalue weighted by atomic mass is 10.1. The van der Waals surface area contributed by atoms with Crippen LogP contribution in [0.3, 0.4) is 0 Å². The molecule has 0 amide bonds. The molecule has 0 aromatic carbocycles. The quantitative estimate of drug-likeness (QED) is 0.560. The molecular formula is C10H19N. The molecule has 0 spiro atoms. The van der Waals surface area contributed by atoms with Gasteiger partial charge in [-0.05, 0) is 33.1 Å². The van der Waals surface area contributed by atoms with Gasteiger partial charge in [-0.15, -0.1) is 0 Å². The van der Waals surface area contributed by atoms with E-state index in [0.29, 0.717) is 18.0 Å². The Morgan fingerprint density at radius 1 is 1.45 bits per heavy atom. The smallest absolute Gasteiger partial charge is 0.0267 e. The van der Waals surface area contributed by atoms with E-state index < -0.39 is 0 Å². The summed E-state index contributed by atoms with van der Waals surface area (Å²) in [6.45, 7) is 13.1. The molecule has 1 heteroatoms. The van der Waals surface area contributed by atoms with Crippen LogP contribution in [0.5, 0.6) is 0 Å². The maximum Gasteiger partial charge on any atom is 0.0267 e. The number of hydrogen-bond donors (Lipinski definition) is 0. The van der Waals surface area contributed by atoms with Crippen LogP contribution in [0.1, 0.15) is 34.1 Å². The molecule has 0 aromatic rings. The summed E-state index contributed by atoms with van der Waals surface area (Å²) in [5, 5.41) is 0. The van der Waals surface area contributed by atoms with E-state index >= 15 is 0 Å². The first-order valence-corrected chi connectivity index (χ1v) is 4.51. The first kappa shape index (κ1) is 8.63. The Morgan fingerprint density at radius 3 is 2.18 bits per heavy atom. The van der Waals surface area contributed by atoms with Crippen LogP contribution in [0.4, 0.5) is 0 Å². The van der Waals surface area contributed by atoms with E-state index in [1.54, 1.807) is 0 Å². The monoisotopic (exact) mass is 153 g/mol. The van der Waals surface area contributed by atoms with Gasteiger partial charge in [0.2, 0.25) is 0 Å². The lowest BCUT2D eigenvalue weighted by Crippen LogP contribution is -2.32. The molecule has 2 unspecified atom stereocenters. The largest absolute Gasteiger partial charge is 0.370 e. The molecule has 1 heterocycles. The third-order valence-corrected chi connectivity index (χ3v) is 2.63. The third kappa shape index (κ3) is 1.42. The third-order valence-electron chi connectivity index (χ3n) is 2.63. The molecule has 1 rings (SSSR count). The van der Waals surface area contributed by atoms with Crippen LogP contribution in [0, 0.1) is 5.92 Å². The zero-order chi connectivity index (χ0) is 8.59. The van der Waals surface area contributed by atoms with Gasteiger partial charge in [-0.3, -0.25) is 0 Å². The van der Waals surface area contributed by atoms with Gasteiger partial charge in [0.1, 0.15) is 0 Å². The van der Waals surface area contributed by atoms with Gasteiger partial charge in [-0.25, -0.2) is 0 Å². The van der Waals surface area contributed by atoms with E-state index in [1.807, 2.05) is 0 Å². The Hall–Kier alpha value is -0.460. The van der Waals surface area contributed by atoms with Gasteiger partial charge in [0.25, 0.3) is 0 Å². The molecule has 1 nitrogen and oxygen atoms in total. The van der Waals surface area contributed by atoms with Crippen LogP contribution in [-0.4, -0.2) is 17.0 Å². The van der Waals surface area contributed by atoms with Crippen molar-refractivity contribution in [2.45, 2.75) is 46.2 Å². The van der Waals surface area contributed by atoms with Gasteiger partial charge in [-0.1, -0.05) is 13.5 Å².